The molecule has 1 aliphatic rings. The molecule has 21 heavy (non-hydrogen) atoms. The first kappa shape index (κ1) is 15.5. The molecule has 0 spiro atoms. The largest absolute Gasteiger partial charge is 0.467 e. The highest BCUT2D eigenvalue weighted by Crippen LogP contribution is 2.25. The average molecular weight is 307 g/mol. The Morgan fingerprint density at radius 1 is 1.57 bits per heavy atom. The lowest BCUT2D eigenvalue weighted by Crippen LogP contribution is -2.41. The molecule has 1 N–H and O–H groups in total. The van der Waals surface area contributed by atoms with Gasteiger partial charge in [0.05, 0.1) is 13.7 Å². The van der Waals surface area contributed by atoms with Gasteiger partial charge in [-0.15, -0.1) is 11.3 Å². The van der Waals surface area contributed by atoms with Gasteiger partial charge in [-0.25, -0.2) is 4.79 Å². The molecule has 1 aromatic heterocycles. The van der Waals surface area contributed by atoms with Gasteiger partial charge in [-0.05, 0) is 24.3 Å². The SMILES string of the molecule is COC(=O)C1CCCN1C(=O)c1sccc1C#CCCO. The summed E-state index contributed by atoms with van der Waals surface area (Å²) in [5, 5.41) is 10.5. The molecule has 5 nitrogen and oxygen atoms in total. The number of methoxy groups -OCH3 is 1. The normalized spacial score (nSPS) is 17.2. The average Bonchev–Trinajstić information content (AvgIpc) is 3.15. The highest BCUT2D eigenvalue weighted by molar-refractivity contribution is 7.12. The highest BCUT2D eigenvalue weighted by atomic mass is 32.1. The Hall–Kier alpha value is -1.84. The minimum atomic E-state index is -0.497. The number of thiophene rings is 1. The maximum atomic E-state index is 12.6. The first-order valence-electron chi connectivity index (χ1n) is 6.75. The number of likely N-dealkylation sites (tertiary alicyclic amines) is 1. The molecule has 1 fully saturated rings. The Morgan fingerprint density at radius 2 is 2.38 bits per heavy atom. The molecule has 2 heterocycles. The van der Waals surface area contributed by atoms with E-state index in [1.807, 2.05) is 0 Å². The molecule has 1 atom stereocenters. The molecular formula is C15H17NO4S. The van der Waals surface area contributed by atoms with Gasteiger partial charge in [0.25, 0.3) is 5.91 Å². The number of aliphatic hydroxyl groups is 1. The molecule has 1 aliphatic heterocycles. The molecule has 0 saturated carbocycles. The van der Waals surface area contributed by atoms with Gasteiger partial charge in [-0.2, -0.15) is 0 Å². The van der Waals surface area contributed by atoms with Crippen molar-refractivity contribution in [1.29, 1.82) is 0 Å². The summed E-state index contributed by atoms with van der Waals surface area (Å²) in [6, 6.07) is 1.29. The van der Waals surface area contributed by atoms with Gasteiger partial charge in [-0.1, -0.05) is 11.8 Å². The lowest BCUT2D eigenvalue weighted by molar-refractivity contribution is -0.145. The highest BCUT2D eigenvalue weighted by Gasteiger charge is 2.36. The van der Waals surface area contributed by atoms with Gasteiger partial charge >= 0.3 is 5.97 Å². The van der Waals surface area contributed by atoms with Crippen molar-refractivity contribution < 1.29 is 19.4 Å². The van der Waals surface area contributed by atoms with E-state index >= 15 is 0 Å². The molecule has 0 aromatic carbocycles. The van der Waals surface area contributed by atoms with Crippen molar-refractivity contribution in [1.82, 2.24) is 4.90 Å². The zero-order valence-corrected chi connectivity index (χ0v) is 12.6. The van der Waals surface area contributed by atoms with Crippen molar-refractivity contribution in [2.24, 2.45) is 0 Å². The fraction of sp³-hybridized carbons (Fsp3) is 0.467. The van der Waals surface area contributed by atoms with Crippen LogP contribution in [0, 0.1) is 11.8 Å². The fourth-order valence-corrected chi connectivity index (χ4v) is 3.11. The summed E-state index contributed by atoms with van der Waals surface area (Å²) in [5.41, 5.74) is 0.647. The number of rotatable bonds is 3. The number of ether oxygens (including phenoxy) is 1. The van der Waals surface area contributed by atoms with E-state index in [4.69, 9.17) is 9.84 Å². The molecule has 1 aromatic rings. The van der Waals surface area contributed by atoms with Crippen LogP contribution in [0.25, 0.3) is 0 Å². The summed E-state index contributed by atoms with van der Waals surface area (Å²) >= 11 is 1.32. The van der Waals surface area contributed by atoms with E-state index in [0.717, 1.165) is 6.42 Å². The summed E-state index contributed by atoms with van der Waals surface area (Å²) in [6.07, 6.45) is 1.80. The van der Waals surface area contributed by atoms with Crippen LogP contribution in [0.15, 0.2) is 11.4 Å². The lowest BCUT2D eigenvalue weighted by atomic mass is 10.2. The zero-order valence-electron chi connectivity index (χ0n) is 11.8. The molecular weight excluding hydrogens is 290 g/mol. The second kappa shape index (κ2) is 7.25. The van der Waals surface area contributed by atoms with Gasteiger partial charge in [0, 0.05) is 18.5 Å². The van der Waals surface area contributed by atoms with Crippen molar-refractivity contribution >= 4 is 23.2 Å². The molecule has 1 saturated heterocycles. The van der Waals surface area contributed by atoms with Crippen LogP contribution in [0.5, 0.6) is 0 Å². The summed E-state index contributed by atoms with van der Waals surface area (Å²) in [7, 11) is 1.33. The van der Waals surface area contributed by atoms with E-state index < -0.39 is 6.04 Å². The van der Waals surface area contributed by atoms with Gasteiger partial charge in [0.2, 0.25) is 0 Å². The molecule has 0 aliphatic carbocycles. The Morgan fingerprint density at radius 3 is 3.10 bits per heavy atom. The van der Waals surface area contributed by atoms with Crippen LogP contribution < -0.4 is 0 Å². The molecule has 1 unspecified atom stereocenters. The minimum Gasteiger partial charge on any atom is -0.467 e. The summed E-state index contributed by atoms with van der Waals surface area (Å²) in [5.74, 6) is 5.16. The maximum Gasteiger partial charge on any atom is 0.328 e. The van der Waals surface area contributed by atoms with Crippen molar-refractivity contribution in [2.45, 2.75) is 25.3 Å². The Balaban J connectivity index is 2.19. The van der Waals surface area contributed by atoms with E-state index in [1.54, 1.807) is 16.3 Å². The van der Waals surface area contributed by atoms with Crippen LogP contribution in [0.3, 0.4) is 0 Å². The van der Waals surface area contributed by atoms with Crippen LogP contribution >= 0.6 is 11.3 Å². The molecule has 6 heteroatoms. The van der Waals surface area contributed by atoms with Crippen LogP contribution in [0.4, 0.5) is 0 Å². The second-order valence-electron chi connectivity index (χ2n) is 4.62. The van der Waals surface area contributed by atoms with Gasteiger partial charge < -0.3 is 14.7 Å². The Kier molecular flexibility index (Phi) is 5.37. The predicted octanol–water partition coefficient (Wildman–Crippen LogP) is 1.26. The van der Waals surface area contributed by atoms with Crippen LogP contribution in [0.1, 0.15) is 34.5 Å². The first-order chi connectivity index (χ1) is 10.2. The van der Waals surface area contributed by atoms with Gasteiger partial charge in [0.15, 0.2) is 0 Å². The molecule has 0 radical (unpaired) electrons. The van der Waals surface area contributed by atoms with Gasteiger partial charge in [0.1, 0.15) is 10.9 Å². The van der Waals surface area contributed by atoms with E-state index in [9.17, 15) is 9.59 Å². The van der Waals surface area contributed by atoms with Crippen LogP contribution in [0.2, 0.25) is 0 Å². The lowest BCUT2D eigenvalue weighted by Gasteiger charge is -2.22. The van der Waals surface area contributed by atoms with E-state index in [0.29, 0.717) is 29.8 Å². The van der Waals surface area contributed by atoms with Crippen molar-refractivity contribution in [3.8, 4) is 11.8 Å². The Bertz CT molecular complexity index is 584. The molecule has 2 rings (SSSR count). The second-order valence-corrected chi connectivity index (χ2v) is 5.53. The first-order valence-corrected chi connectivity index (χ1v) is 7.63. The zero-order chi connectivity index (χ0) is 15.2. The van der Waals surface area contributed by atoms with Crippen LogP contribution in [-0.4, -0.2) is 48.2 Å². The van der Waals surface area contributed by atoms with E-state index in [1.165, 1.54) is 18.4 Å². The third-order valence-electron chi connectivity index (χ3n) is 3.31. The monoisotopic (exact) mass is 307 g/mol. The number of hydrogen-bond donors (Lipinski definition) is 1. The number of nitrogens with zero attached hydrogens (tertiary/aromatic N) is 1. The number of aliphatic hydroxyl groups excluding tert-OH is 1. The smallest absolute Gasteiger partial charge is 0.328 e. The standard InChI is InChI=1S/C15H17NO4S/c1-20-15(19)12-6-4-8-16(12)14(18)13-11(7-10-21-13)5-2-3-9-17/h7,10,12,17H,3-4,6,8-9H2,1H3. The fourth-order valence-electron chi connectivity index (χ4n) is 2.31. The van der Waals surface area contributed by atoms with E-state index in [2.05, 4.69) is 11.8 Å². The number of hydrogen-bond acceptors (Lipinski definition) is 5. The van der Waals surface area contributed by atoms with Crippen molar-refractivity contribution in [3.05, 3.63) is 21.9 Å². The Labute approximate surface area is 127 Å². The molecule has 0 bridgehead atoms. The van der Waals surface area contributed by atoms with Gasteiger partial charge in [-0.3, -0.25) is 4.79 Å². The number of carbonyl (C=O) groups is 2. The minimum absolute atomic E-state index is 0.00302. The van der Waals surface area contributed by atoms with Crippen molar-refractivity contribution in [3.63, 3.8) is 0 Å². The third-order valence-corrected chi connectivity index (χ3v) is 4.21. The third kappa shape index (κ3) is 3.43. The number of esters is 1. The number of carbonyl (C=O) groups excluding carboxylic acids is 2. The quantitative estimate of drug-likeness (QED) is 0.674. The summed E-state index contributed by atoms with van der Waals surface area (Å²) in [6.45, 7) is 0.553. The topological polar surface area (TPSA) is 66.8 Å². The van der Waals surface area contributed by atoms with Crippen molar-refractivity contribution in [2.75, 3.05) is 20.3 Å². The summed E-state index contributed by atoms with van der Waals surface area (Å²) < 4.78 is 4.76. The van der Waals surface area contributed by atoms with Crippen LogP contribution in [-0.2, 0) is 9.53 Å². The summed E-state index contributed by atoms with van der Waals surface area (Å²) in [4.78, 5) is 26.4. The molecule has 1 amide bonds. The molecule has 112 valence electrons. The van der Waals surface area contributed by atoms with E-state index in [-0.39, 0.29) is 18.5 Å². The maximum absolute atomic E-state index is 12.6. The predicted molar refractivity (Wildman–Crippen MR) is 79.0 cm³/mol. The number of amides is 1.